The fourth-order valence-corrected chi connectivity index (χ4v) is 2.90. The number of nitrogens with one attached hydrogen (secondary N) is 1. The second kappa shape index (κ2) is 6.85. The summed E-state index contributed by atoms with van der Waals surface area (Å²) in [5.74, 6) is 0.147. The molecule has 0 saturated carbocycles. The maximum atomic E-state index is 12.3. The fraction of sp³-hybridized carbons (Fsp3) is 0.267. The van der Waals surface area contributed by atoms with Crippen LogP contribution >= 0.6 is 11.3 Å². The van der Waals surface area contributed by atoms with E-state index < -0.39 is 5.91 Å². The number of amides is 2. The molecule has 2 heterocycles. The molecule has 0 aliphatic rings. The van der Waals surface area contributed by atoms with E-state index in [4.69, 9.17) is 4.74 Å². The zero-order valence-electron chi connectivity index (χ0n) is 13.9. The quantitative estimate of drug-likeness (QED) is 0.734. The summed E-state index contributed by atoms with van der Waals surface area (Å²) in [7, 11) is 4.89. The summed E-state index contributed by atoms with van der Waals surface area (Å²) in [5, 5.41) is 10.7. The molecule has 0 aliphatic heterocycles. The van der Waals surface area contributed by atoms with E-state index in [-0.39, 0.29) is 18.1 Å². The van der Waals surface area contributed by atoms with E-state index in [0.717, 1.165) is 16.0 Å². The number of aromatic nitrogens is 4. The summed E-state index contributed by atoms with van der Waals surface area (Å²) < 4.78 is 7.39. The lowest BCUT2D eigenvalue weighted by atomic mass is 10.3. The molecule has 25 heavy (non-hydrogen) atoms. The summed E-state index contributed by atoms with van der Waals surface area (Å²) in [6, 6.07) is 5.48. The second-order valence-electron chi connectivity index (χ2n) is 5.40. The van der Waals surface area contributed by atoms with Gasteiger partial charge in [-0.2, -0.15) is 0 Å². The molecule has 9 nitrogen and oxygen atoms in total. The molecule has 0 bridgehead atoms. The number of carbonyl (C=O) groups is 2. The van der Waals surface area contributed by atoms with Gasteiger partial charge in [0, 0.05) is 14.1 Å². The van der Waals surface area contributed by atoms with Gasteiger partial charge in [0.15, 0.2) is 10.8 Å². The molecule has 0 saturated heterocycles. The maximum absolute atomic E-state index is 12.3. The number of hydrogen-bond acceptors (Lipinski definition) is 7. The fourth-order valence-electron chi connectivity index (χ4n) is 2.01. The van der Waals surface area contributed by atoms with Crippen LogP contribution in [0.4, 0.5) is 5.13 Å². The Hall–Kier alpha value is -3.01. The number of thiazole rings is 1. The monoisotopic (exact) mass is 360 g/mol. The van der Waals surface area contributed by atoms with Gasteiger partial charge in [-0.25, -0.2) is 9.67 Å². The number of carbonyl (C=O) groups excluding carboxylic acids is 2. The van der Waals surface area contributed by atoms with Crippen LogP contribution in [0.25, 0.3) is 10.2 Å². The van der Waals surface area contributed by atoms with Crippen molar-refractivity contribution in [3.63, 3.8) is 0 Å². The van der Waals surface area contributed by atoms with Gasteiger partial charge in [0.2, 0.25) is 5.91 Å². The van der Waals surface area contributed by atoms with Crippen molar-refractivity contribution in [1.82, 2.24) is 24.9 Å². The molecular weight excluding hydrogens is 344 g/mol. The van der Waals surface area contributed by atoms with Crippen LogP contribution in [-0.4, -0.2) is 57.9 Å². The number of methoxy groups -OCH3 is 1. The van der Waals surface area contributed by atoms with E-state index in [1.54, 1.807) is 27.3 Å². The van der Waals surface area contributed by atoms with Crippen LogP contribution < -0.4 is 10.1 Å². The number of fused-ring (bicyclic) bond motifs is 1. The Morgan fingerprint density at radius 2 is 2.16 bits per heavy atom. The number of likely N-dealkylation sites (N-methyl/N-ethyl adjacent to an activating group) is 1. The Morgan fingerprint density at radius 1 is 1.36 bits per heavy atom. The second-order valence-corrected chi connectivity index (χ2v) is 6.43. The number of hydrogen-bond donors (Lipinski definition) is 1. The van der Waals surface area contributed by atoms with Gasteiger partial charge in [-0.1, -0.05) is 16.6 Å². The Bertz CT molecular complexity index is 932. The lowest BCUT2D eigenvalue weighted by Gasteiger charge is -2.08. The third-order valence-corrected chi connectivity index (χ3v) is 4.32. The molecule has 130 valence electrons. The highest BCUT2D eigenvalue weighted by molar-refractivity contribution is 7.22. The van der Waals surface area contributed by atoms with Crippen LogP contribution in [0, 0.1) is 0 Å². The van der Waals surface area contributed by atoms with Crippen molar-refractivity contribution in [1.29, 1.82) is 0 Å². The Labute approximate surface area is 147 Å². The van der Waals surface area contributed by atoms with Gasteiger partial charge in [-0.05, 0) is 18.2 Å². The normalized spacial score (nSPS) is 10.7. The average molecular weight is 360 g/mol. The molecule has 0 radical (unpaired) electrons. The Kier molecular flexibility index (Phi) is 4.61. The van der Waals surface area contributed by atoms with E-state index in [1.165, 1.54) is 27.1 Å². The van der Waals surface area contributed by atoms with Gasteiger partial charge in [-0.3, -0.25) is 14.9 Å². The number of anilines is 1. The Morgan fingerprint density at radius 3 is 2.88 bits per heavy atom. The molecule has 0 atom stereocenters. The predicted octanol–water partition coefficient (Wildman–Crippen LogP) is 1.24. The molecule has 10 heteroatoms. The summed E-state index contributed by atoms with van der Waals surface area (Å²) in [4.78, 5) is 29.7. The largest absolute Gasteiger partial charge is 0.497 e. The first-order valence-corrected chi connectivity index (χ1v) is 8.14. The van der Waals surface area contributed by atoms with Crippen molar-refractivity contribution in [2.75, 3.05) is 26.5 Å². The van der Waals surface area contributed by atoms with Crippen molar-refractivity contribution in [3.8, 4) is 5.75 Å². The number of ether oxygens (including phenoxy) is 1. The van der Waals surface area contributed by atoms with Gasteiger partial charge in [0.25, 0.3) is 5.91 Å². The zero-order chi connectivity index (χ0) is 18.0. The first-order valence-electron chi connectivity index (χ1n) is 7.32. The molecule has 0 fully saturated rings. The predicted molar refractivity (Wildman–Crippen MR) is 92.8 cm³/mol. The lowest BCUT2D eigenvalue weighted by Crippen LogP contribution is -2.26. The van der Waals surface area contributed by atoms with Crippen LogP contribution in [-0.2, 0) is 11.3 Å². The molecule has 0 aliphatic carbocycles. The van der Waals surface area contributed by atoms with Gasteiger partial charge < -0.3 is 9.64 Å². The minimum Gasteiger partial charge on any atom is -0.497 e. The van der Waals surface area contributed by atoms with Crippen molar-refractivity contribution in [2.45, 2.75) is 6.54 Å². The number of nitrogens with zero attached hydrogens (tertiary/aromatic N) is 5. The van der Waals surface area contributed by atoms with Gasteiger partial charge >= 0.3 is 0 Å². The summed E-state index contributed by atoms with van der Waals surface area (Å²) in [6.07, 6.45) is 1.42. The van der Waals surface area contributed by atoms with Crippen LogP contribution in [0.15, 0.2) is 24.4 Å². The first-order chi connectivity index (χ1) is 12.0. The van der Waals surface area contributed by atoms with Gasteiger partial charge in [0.05, 0.1) is 23.5 Å². The van der Waals surface area contributed by atoms with Crippen LogP contribution in [0.5, 0.6) is 5.75 Å². The highest BCUT2D eigenvalue weighted by Gasteiger charge is 2.15. The topological polar surface area (TPSA) is 102 Å². The SMILES string of the molecule is COc1ccc2nc(NC(=O)c3cn(CC(=O)N(C)C)nn3)sc2c1. The summed E-state index contributed by atoms with van der Waals surface area (Å²) in [6.45, 7) is 0.0220. The molecule has 3 aromatic rings. The molecule has 1 aromatic carbocycles. The third kappa shape index (κ3) is 3.74. The van der Waals surface area contributed by atoms with E-state index >= 15 is 0 Å². The van der Waals surface area contributed by atoms with E-state index in [1.807, 2.05) is 12.1 Å². The highest BCUT2D eigenvalue weighted by atomic mass is 32.1. The molecular formula is C15H16N6O3S. The van der Waals surface area contributed by atoms with Crippen molar-refractivity contribution in [2.24, 2.45) is 0 Å². The van der Waals surface area contributed by atoms with E-state index in [9.17, 15) is 9.59 Å². The van der Waals surface area contributed by atoms with E-state index in [2.05, 4.69) is 20.6 Å². The van der Waals surface area contributed by atoms with Crippen LogP contribution in [0.3, 0.4) is 0 Å². The average Bonchev–Trinajstić information content (AvgIpc) is 3.20. The van der Waals surface area contributed by atoms with Gasteiger partial charge in [-0.15, -0.1) is 5.10 Å². The molecule has 1 N–H and O–H groups in total. The number of rotatable bonds is 5. The lowest BCUT2D eigenvalue weighted by molar-refractivity contribution is -0.129. The zero-order valence-corrected chi connectivity index (χ0v) is 14.7. The van der Waals surface area contributed by atoms with E-state index in [0.29, 0.717) is 5.13 Å². The highest BCUT2D eigenvalue weighted by Crippen LogP contribution is 2.29. The standard InChI is InChI=1S/C15H16N6O3S/c1-20(2)13(22)8-21-7-11(18-19-21)14(23)17-15-16-10-5-4-9(24-3)6-12(10)25-15/h4-7H,8H2,1-3H3,(H,16,17,23). The molecule has 0 unspecified atom stereocenters. The minimum atomic E-state index is -0.436. The molecule has 0 spiro atoms. The van der Waals surface area contributed by atoms with Crippen LogP contribution in [0.1, 0.15) is 10.5 Å². The summed E-state index contributed by atoms with van der Waals surface area (Å²) >= 11 is 1.33. The molecule has 2 amide bonds. The van der Waals surface area contributed by atoms with Crippen molar-refractivity contribution in [3.05, 3.63) is 30.1 Å². The van der Waals surface area contributed by atoms with Crippen molar-refractivity contribution < 1.29 is 14.3 Å². The smallest absolute Gasteiger partial charge is 0.279 e. The molecule has 3 rings (SSSR count). The minimum absolute atomic E-state index is 0.0220. The van der Waals surface area contributed by atoms with Gasteiger partial charge in [0.1, 0.15) is 12.3 Å². The Balaban J connectivity index is 1.72. The number of benzene rings is 1. The third-order valence-electron chi connectivity index (χ3n) is 3.38. The first kappa shape index (κ1) is 16.8. The molecule has 2 aromatic heterocycles. The maximum Gasteiger partial charge on any atom is 0.279 e. The van der Waals surface area contributed by atoms with Crippen LogP contribution in [0.2, 0.25) is 0 Å². The van der Waals surface area contributed by atoms with Crippen molar-refractivity contribution >= 4 is 38.5 Å². The summed E-state index contributed by atoms with van der Waals surface area (Å²) in [5.41, 5.74) is 0.879.